The maximum atomic E-state index is 13.7. The molecular weight excluding hydrogens is 1210 g/mol. The second-order valence-corrected chi connectivity index (χ2v) is 28.8. The van der Waals surface area contributed by atoms with Crippen molar-refractivity contribution in [1.82, 2.24) is 45.2 Å². The monoisotopic (exact) mass is 1310 g/mol. The number of rotatable bonds is 19. The van der Waals surface area contributed by atoms with Crippen LogP contribution in [0, 0.1) is 6.92 Å². The van der Waals surface area contributed by atoms with Crippen LogP contribution in [-0.4, -0.2) is 199 Å². The number of aromatic nitrogens is 3. The van der Waals surface area contributed by atoms with Gasteiger partial charge in [0.25, 0.3) is 11.8 Å². The van der Waals surface area contributed by atoms with Gasteiger partial charge in [-0.1, -0.05) is 12.1 Å². The maximum Gasteiger partial charge on any atom is 0.410 e. The normalized spacial score (nSPS) is 19.5. The zero-order valence-electron chi connectivity index (χ0n) is 57.5. The standard InChI is InChI=1S/C38H53N7O6.C33H48N6O5/c1-24(2)43-12-14-44(15-13-43)35-19-27(18-34(42-35)41-29-8-7-9-29)36(47)39-20-32(46)31-17-26-10-11-30(49-22-33-25(3)40-23-50-33)16-28(26)21-45(31)37(48)51-38(4,5)6;1-21(2)37-11-13-38(14-12-37)30-18-23(17-29(36-30)35-25-7-6-8-25)31(42)34-19-28(41)27-16-22-9-10-26(40)15-24(22)20-39(27)32(43)44-33(3,4)5/h10-11,16,18-19,23-24,29,31-32,46H,7-9,12-15,17,20-22H2,1-6H3,(H,39,47)(H,41,42);9-10,15,17-18,21,25,27-28,40-41H,6-8,11-14,16,19-20H2,1-5H3,(H,34,42)(H,35,36)/t31-,32+;27-,28+/m00/s1. The molecule has 4 fully saturated rings. The molecule has 2 saturated heterocycles. The van der Waals surface area contributed by atoms with Crippen LogP contribution in [0.5, 0.6) is 11.5 Å². The molecule has 516 valence electrons. The van der Waals surface area contributed by atoms with Gasteiger partial charge in [0.2, 0.25) is 0 Å². The highest BCUT2D eigenvalue weighted by molar-refractivity contribution is 5.96. The lowest BCUT2D eigenvalue weighted by Crippen LogP contribution is -2.54. The molecule has 11 rings (SSSR count). The molecule has 0 spiro atoms. The number of piperazine rings is 2. The van der Waals surface area contributed by atoms with Crippen LogP contribution in [0.4, 0.5) is 32.9 Å². The van der Waals surface area contributed by atoms with Crippen molar-refractivity contribution in [3.8, 4) is 11.5 Å². The number of aliphatic hydroxyl groups is 2. The summed E-state index contributed by atoms with van der Waals surface area (Å²) < 4.78 is 22.8. The molecule has 0 radical (unpaired) electrons. The second kappa shape index (κ2) is 30.4. The average Bonchev–Trinajstić information content (AvgIpc) is 1.06. The van der Waals surface area contributed by atoms with E-state index < -0.39 is 47.7 Å². The van der Waals surface area contributed by atoms with Crippen LogP contribution in [0.2, 0.25) is 0 Å². The molecule has 0 unspecified atom stereocenters. The van der Waals surface area contributed by atoms with Crippen LogP contribution in [0.3, 0.4) is 0 Å². The SMILES string of the molecule is CC(C)N1CCN(c2cc(C(=O)NC[C@@H](O)[C@@H]3Cc4ccc(O)cc4CN3C(=O)OC(C)(C)C)cc(NC3CCC3)n2)CC1.Cc1ncoc1COc1ccc2c(c1)CN(C(=O)OC(C)(C)C)[C@H]([C@H](O)CNC(=O)c1cc(NC3CCC3)nc(N3CCN(C(C)C)CC3)c1)C2. The lowest BCUT2D eigenvalue weighted by atomic mass is 9.91. The number of pyridine rings is 2. The van der Waals surface area contributed by atoms with E-state index in [0.717, 1.165) is 118 Å². The number of oxazole rings is 1. The van der Waals surface area contributed by atoms with Crippen molar-refractivity contribution >= 4 is 47.3 Å². The van der Waals surface area contributed by atoms with Crippen molar-refractivity contribution in [3.05, 3.63) is 112 Å². The fourth-order valence-electron chi connectivity index (χ4n) is 12.7. The summed E-state index contributed by atoms with van der Waals surface area (Å²) in [4.78, 5) is 80.3. The van der Waals surface area contributed by atoms with Gasteiger partial charge in [0.05, 0.1) is 30.0 Å². The number of aromatic hydroxyl groups is 1. The van der Waals surface area contributed by atoms with Crippen LogP contribution < -0.4 is 35.8 Å². The van der Waals surface area contributed by atoms with Gasteiger partial charge in [-0.25, -0.2) is 24.5 Å². The highest BCUT2D eigenvalue weighted by atomic mass is 16.6. The Morgan fingerprint density at radius 1 is 0.600 bits per heavy atom. The van der Waals surface area contributed by atoms with Crippen molar-refractivity contribution in [1.29, 1.82) is 0 Å². The molecule has 24 nitrogen and oxygen atoms in total. The van der Waals surface area contributed by atoms with Gasteiger partial charge >= 0.3 is 12.2 Å². The highest BCUT2D eigenvalue weighted by Crippen LogP contribution is 2.34. The van der Waals surface area contributed by atoms with Gasteiger partial charge in [-0.15, -0.1) is 0 Å². The number of aryl methyl sites for hydroxylation is 1. The number of carbonyl (C=O) groups is 4. The molecule has 0 bridgehead atoms. The highest BCUT2D eigenvalue weighted by Gasteiger charge is 2.40. The molecule has 4 atom stereocenters. The molecular formula is C71H101N13O11. The third kappa shape index (κ3) is 18.6. The second-order valence-electron chi connectivity index (χ2n) is 28.8. The number of amides is 4. The van der Waals surface area contributed by atoms with Crippen molar-refractivity contribution in [2.45, 2.75) is 207 Å². The fourth-order valence-corrected chi connectivity index (χ4v) is 12.7. The summed E-state index contributed by atoms with van der Waals surface area (Å²) in [5, 5.41) is 45.8. The molecule has 2 saturated carbocycles. The third-order valence-corrected chi connectivity index (χ3v) is 18.8. The molecule has 7 heterocycles. The number of fused-ring (bicyclic) bond motifs is 2. The zero-order chi connectivity index (χ0) is 67.9. The Hall–Kier alpha value is -7.93. The van der Waals surface area contributed by atoms with Gasteiger partial charge in [0.1, 0.15) is 52.6 Å². The number of hydrogen-bond donors (Lipinski definition) is 7. The van der Waals surface area contributed by atoms with E-state index in [0.29, 0.717) is 71.3 Å². The molecule has 7 N–H and O–H groups in total. The molecule has 24 heteroatoms. The summed E-state index contributed by atoms with van der Waals surface area (Å²) in [5.41, 5.74) is 3.88. The molecule has 95 heavy (non-hydrogen) atoms. The predicted molar refractivity (Wildman–Crippen MR) is 364 cm³/mol. The van der Waals surface area contributed by atoms with Gasteiger partial charge in [0, 0.05) is 114 Å². The van der Waals surface area contributed by atoms with Crippen molar-refractivity contribution in [2.75, 3.05) is 85.9 Å². The van der Waals surface area contributed by atoms with Crippen molar-refractivity contribution in [2.24, 2.45) is 0 Å². The summed E-state index contributed by atoms with van der Waals surface area (Å²) in [5.74, 6) is 3.69. The van der Waals surface area contributed by atoms with E-state index in [1.165, 1.54) is 24.1 Å². The maximum absolute atomic E-state index is 13.7. The molecule has 6 aliphatic rings. The smallest absolute Gasteiger partial charge is 0.410 e. The topological polar surface area (TPSA) is 276 Å². The number of phenolic OH excluding ortho intramolecular Hbond substituents is 1. The molecule has 3 aromatic heterocycles. The summed E-state index contributed by atoms with van der Waals surface area (Å²) in [6, 6.07) is 18.5. The van der Waals surface area contributed by atoms with Crippen LogP contribution in [0.25, 0.3) is 0 Å². The first-order chi connectivity index (χ1) is 45.2. The van der Waals surface area contributed by atoms with E-state index in [2.05, 4.69) is 73.5 Å². The van der Waals surface area contributed by atoms with E-state index in [4.69, 9.17) is 28.6 Å². The van der Waals surface area contributed by atoms with Gasteiger partial charge in [-0.05, 0) is 198 Å². The summed E-state index contributed by atoms with van der Waals surface area (Å²) in [6.07, 6.45) is 5.66. The molecule has 2 aromatic carbocycles. The molecule has 2 aliphatic carbocycles. The molecule has 5 aromatic rings. The number of hydrogen-bond acceptors (Lipinski definition) is 20. The van der Waals surface area contributed by atoms with Gasteiger partial charge in [0.15, 0.2) is 12.2 Å². The Morgan fingerprint density at radius 2 is 1.04 bits per heavy atom. The predicted octanol–water partition coefficient (Wildman–Crippen LogP) is 8.64. The summed E-state index contributed by atoms with van der Waals surface area (Å²) in [7, 11) is 0. The first-order valence-corrected chi connectivity index (χ1v) is 34.1. The minimum absolute atomic E-state index is 0.0493. The van der Waals surface area contributed by atoms with Gasteiger partial charge < -0.3 is 65.0 Å². The number of nitrogens with one attached hydrogen (secondary N) is 4. The number of benzene rings is 2. The van der Waals surface area contributed by atoms with E-state index >= 15 is 0 Å². The third-order valence-electron chi connectivity index (χ3n) is 18.8. The largest absolute Gasteiger partial charge is 0.508 e. The number of anilines is 4. The minimum atomic E-state index is -1.06. The van der Waals surface area contributed by atoms with Crippen LogP contribution in [-0.2, 0) is 42.0 Å². The Labute approximate surface area is 559 Å². The quantitative estimate of drug-likeness (QED) is 0.0407. The summed E-state index contributed by atoms with van der Waals surface area (Å²) in [6.45, 7) is 29.1. The first kappa shape index (κ1) is 69.9. The Morgan fingerprint density at radius 3 is 1.44 bits per heavy atom. The van der Waals surface area contributed by atoms with E-state index in [1.807, 2.05) is 64.1 Å². The number of nitrogens with zero attached hydrogens (tertiary/aromatic N) is 9. The Bertz CT molecular complexity index is 3450. The lowest BCUT2D eigenvalue weighted by Gasteiger charge is -2.40. The van der Waals surface area contributed by atoms with E-state index in [1.54, 1.807) is 49.9 Å². The van der Waals surface area contributed by atoms with Crippen LogP contribution >= 0.6 is 0 Å². The Kier molecular flexibility index (Phi) is 22.4. The average molecular weight is 1310 g/mol. The number of phenols is 1. The Balaban J connectivity index is 0.000000209. The number of carbonyl (C=O) groups excluding carboxylic acids is 4. The van der Waals surface area contributed by atoms with Crippen LogP contribution in [0.15, 0.2) is 71.5 Å². The van der Waals surface area contributed by atoms with Gasteiger partial charge in [-0.2, -0.15) is 0 Å². The number of ether oxygens (including phenoxy) is 3. The lowest BCUT2D eigenvalue weighted by molar-refractivity contribution is -0.0118. The zero-order valence-corrected chi connectivity index (χ0v) is 57.5. The summed E-state index contributed by atoms with van der Waals surface area (Å²) >= 11 is 0. The van der Waals surface area contributed by atoms with Crippen molar-refractivity contribution < 1.29 is 53.1 Å². The first-order valence-electron chi connectivity index (χ1n) is 34.1. The minimum Gasteiger partial charge on any atom is -0.508 e. The van der Waals surface area contributed by atoms with Crippen LogP contribution in [0.1, 0.15) is 162 Å². The number of aliphatic hydroxyl groups excluding tert-OH is 2. The fraction of sp³-hybridized carbons (Fsp3) is 0.592. The molecule has 4 aliphatic heterocycles. The van der Waals surface area contributed by atoms with E-state index in [-0.39, 0.29) is 50.3 Å². The van der Waals surface area contributed by atoms with Crippen molar-refractivity contribution in [3.63, 3.8) is 0 Å². The van der Waals surface area contributed by atoms with Gasteiger partial charge in [-0.3, -0.25) is 29.2 Å². The van der Waals surface area contributed by atoms with E-state index in [9.17, 15) is 34.5 Å². The molecule has 4 amide bonds.